The van der Waals surface area contributed by atoms with Gasteiger partial charge < -0.3 is 10.1 Å². The van der Waals surface area contributed by atoms with Gasteiger partial charge in [-0.2, -0.15) is 0 Å². The van der Waals surface area contributed by atoms with Crippen molar-refractivity contribution in [3.8, 4) is 5.75 Å². The van der Waals surface area contributed by atoms with Crippen molar-refractivity contribution in [2.24, 2.45) is 5.92 Å². The molecule has 0 saturated heterocycles. The number of hydrogen-bond donors (Lipinski definition) is 1. The highest BCUT2D eigenvalue weighted by molar-refractivity contribution is 6.35. The van der Waals surface area contributed by atoms with Crippen LogP contribution in [0.25, 0.3) is 0 Å². The monoisotopic (exact) mass is 338 g/mol. The van der Waals surface area contributed by atoms with Crippen molar-refractivity contribution >= 4 is 29.1 Å². The van der Waals surface area contributed by atoms with E-state index in [4.69, 9.17) is 4.74 Å². The molecule has 1 N–H and O–H groups in total. The summed E-state index contributed by atoms with van der Waals surface area (Å²) in [7, 11) is 1.51. The van der Waals surface area contributed by atoms with Crippen LogP contribution < -0.4 is 15.0 Å². The molecule has 25 heavy (non-hydrogen) atoms. The maximum Gasteiger partial charge on any atom is 0.266 e. The van der Waals surface area contributed by atoms with Crippen LogP contribution in [-0.4, -0.2) is 24.8 Å². The largest absolute Gasteiger partial charge is 0.497 e. The fourth-order valence-electron chi connectivity index (χ4n) is 2.62. The molecule has 2 aromatic rings. The summed E-state index contributed by atoms with van der Waals surface area (Å²) in [6, 6.07) is 11.5. The minimum Gasteiger partial charge on any atom is -0.497 e. The Hall–Kier alpha value is -3.15. The van der Waals surface area contributed by atoms with Crippen LogP contribution in [0, 0.1) is 5.92 Å². The number of imide groups is 1. The standard InChI is InChI=1S/C19H18N2O4/c1-11(2)17(22)20-15-10-12(25-3)8-9-16(15)21-18(23)13-6-4-5-7-14(13)19(21)24/h4-11H,1-3H3,(H,20,22). The number of nitrogens with one attached hydrogen (secondary N) is 1. The average Bonchev–Trinajstić information content (AvgIpc) is 2.86. The summed E-state index contributed by atoms with van der Waals surface area (Å²) in [6.07, 6.45) is 0. The quantitative estimate of drug-likeness (QED) is 0.869. The van der Waals surface area contributed by atoms with E-state index in [-0.39, 0.29) is 11.8 Å². The molecule has 1 aliphatic rings. The SMILES string of the molecule is COc1ccc(N2C(=O)c3ccccc3C2=O)c(NC(=O)C(C)C)c1. The molecular formula is C19H18N2O4. The summed E-state index contributed by atoms with van der Waals surface area (Å²) in [4.78, 5) is 38.6. The van der Waals surface area contributed by atoms with Gasteiger partial charge in [0.15, 0.2) is 0 Å². The van der Waals surface area contributed by atoms with Crippen molar-refractivity contribution in [1.82, 2.24) is 0 Å². The topological polar surface area (TPSA) is 75.7 Å². The van der Waals surface area contributed by atoms with Crippen LogP contribution in [0.2, 0.25) is 0 Å². The summed E-state index contributed by atoms with van der Waals surface area (Å²) in [5.74, 6) is -0.775. The Morgan fingerprint density at radius 1 is 1.04 bits per heavy atom. The molecule has 2 aromatic carbocycles. The lowest BCUT2D eigenvalue weighted by Crippen LogP contribution is -2.31. The third kappa shape index (κ3) is 2.87. The highest BCUT2D eigenvalue weighted by Gasteiger charge is 2.37. The molecule has 0 atom stereocenters. The normalized spacial score (nSPS) is 13.2. The predicted molar refractivity (Wildman–Crippen MR) is 94.0 cm³/mol. The molecule has 6 nitrogen and oxygen atoms in total. The highest BCUT2D eigenvalue weighted by Crippen LogP contribution is 2.36. The zero-order valence-corrected chi connectivity index (χ0v) is 14.2. The molecule has 3 amide bonds. The molecular weight excluding hydrogens is 320 g/mol. The maximum atomic E-state index is 12.7. The molecule has 0 spiro atoms. The van der Waals surface area contributed by atoms with Crippen molar-refractivity contribution in [1.29, 1.82) is 0 Å². The number of hydrogen-bond acceptors (Lipinski definition) is 4. The van der Waals surface area contributed by atoms with E-state index in [1.54, 1.807) is 56.3 Å². The number of anilines is 2. The van der Waals surface area contributed by atoms with E-state index in [2.05, 4.69) is 5.32 Å². The molecule has 0 aromatic heterocycles. The maximum absolute atomic E-state index is 12.7. The molecule has 0 radical (unpaired) electrons. The van der Waals surface area contributed by atoms with Crippen LogP contribution in [0.4, 0.5) is 11.4 Å². The summed E-state index contributed by atoms with van der Waals surface area (Å²) in [5, 5.41) is 2.76. The van der Waals surface area contributed by atoms with E-state index in [0.29, 0.717) is 28.3 Å². The van der Waals surface area contributed by atoms with Gasteiger partial charge in [-0.1, -0.05) is 26.0 Å². The summed E-state index contributed by atoms with van der Waals surface area (Å²) < 4.78 is 5.19. The molecule has 0 fully saturated rings. The van der Waals surface area contributed by atoms with Gasteiger partial charge in [0.1, 0.15) is 5.75 Å². The second-order valence-corrected chi connectivity index (χ2v) is 6.02. The van der Waals surface area contributed by atoms with E-state index >= 15 is 0 Å². The number of carbonyl (C=O) groups is 3. The third-order valence-electron chi connectivity index (χ3n) is 4.02. The van der Waals surface area contributed by atoms with Gasteiger partial charge in [0.2, 0.25) is 5.91 Å². The van der Waals surface area contributed by atoms with Crippen LogP contribution in [0.5, 0.6) is 5.75 Å². The third-order valence-corrected chi connectivity index (χ3v) is 4.02. The van der Waals surface area contributed by atoms with E-state index in [9.17, 15) is 14.4 Å². The minimum atomic E-state index is -0.411. The fraction of sp³-hybridized carbons (Fsp3) is 0.211. The molecule has 0 bridgehead atoms. The number of nitrogens with zero attached hydrogens (tertiary/aromatic N) is 1. The number of benzene rings is 2. The minimum absolute atomic E-state index is 0.217. The van der Waals surface area contributed by atoms with Crippen LogP contribution >= 0.6 is 0 Å². The molecule has 1 heterocycles. The van der Waals surface area contributed by atoms with Crippen molar-refractivity contribution in [2.45, 2.75) is 13.8 Å². The van der Waals surface area contributed by atoms with E-state index in [0.717, 1.165) is 4.90 Å². The number of fused-ring (bicyclic) bond motifs is 1. The number of amides is 3. The van der Waals surface area contributed by atoms with Gasteiger partial charge >= 0.3 is 0 Å². The number of carbonyl (C=O) groups excluding carboxylic acids is 3. The lowest BCUT2D eigenvalue weighted by molar-refractivity contribution is -0.118. The molecule has 0 aliphatic carbocycles. The lowest BCUT2D eigenvalue weighted by Gasteiger charge is -2.20. The van der Waals surface area contributed by atoms with Gasteiger partial charge in [-0.25, -0.2) is 4.90 Å². The summed E-state index contributed by atoms with van der Waals surface area (Å²) >= 11 is 0. The first kappa shape index (κ1) is 16.7. The van der Waals surface area contributed by atoms with Crippen molar-refractivity contribution in [2.75, 3.05) is 17.3 Å². The number of methoxy groups -OCH3 is 1. The van der Waals surface area contributed by atoms with Crippen molar-refractivity contribution in [3.05, 3.63) is 53.6 Å². The Labute approximate surface area is 145 Å². The van der Waals surface area contributed by atoms with Crippen LogP contribution in [0.1, 0.15) is 34.6 Å². The first-order chi connectivity index (χ1) is 11.9. The molecule has 128 valence electrons. The average molecular weight is 338 g/mol. The Morgan fingerprint density at radius 3 is 2.16 bits per heavy atom. The lowest BCUT2D eigenvalue weighted by atomic mass is 10.1. The van der Waals surface area contributed by atoms with Gasteiger partial charge in [0.05, 0.1) is 29.6 Å². The van der Waals surface area contributed by atoms with Crippen LogP contribution in [0.3, 0.4) is 0 Å². The zero-order valence-electron chi connectivity index (χ0n) is 14.2. The van der Waals surface area contributed by atoms with Crippen molar-refractivity contribution < 1.29 is 19.1 Å². The van der Waals surface area contributed by atoms with E-state index in [1.165, 1.54) is 7.11 Å². The van der Waals surface area contributed by atoms with Gasteiger partial charge in [-0.3, -0.25) is 14.4 Å². The molecule has 0 saturated carbocycles. The Morgan fingerprint density at radius 2 is 1.64 bits per heavy atom. The van der Waals surface area contributed by atoms with E-state index < -0.39 is 11.8 Å². The number of rotatable bonds is 4. The highest BCUT2D eigenvalue weighted by atomic mass is 16.5. The fourth-order valence-corrected chi connectivity index (χ4v) is 2.62. The molecule has 0 unspecified atom stereocenters. The first-order valence-corrected chi connectivity index (χ1v) is 7.90. The smallest absolute Gasteiger partial charge is 0.266 e. The second kappa shape index (κ2) is 6.39. The summed E-state index contributed by atoms with van der Waals surface area (Å²) in [5.41, 5.74) is 1.38. The Kier molecular flexibility index (Phi) is 4.27. The molecule has 6 heteroatoms. The second-order valence-electron chi connectivity index (χ2n) is 6.02. The van der Waals surface area contributed by atoms with Gasteiger partial charge in [-0.15, -0.1) is 0 Å². The predicted octanol–water partition coefficient (Wildman–Crippen LogP) is 3.09. The zero-order chi connectivity index (χ0) is 18.1. The van der Waals surface area contributed by atoms with Gasteiger partial charge in [0, 0.05) is 12.0 Å². The van der Waals surface area contributed by atoms with E-state index in [1.807, 2.05) is 0 Å². The Balaban J connectivity index is 2.07. The van der Waals surface area contributed by atoms with Crippen LogP contribution in [-0.2, 0) is 4.79 Å². The first-order valence-electron chi connectivity index (χ1n) is 7.90. The van der Waals surface area contributed by atoms with Crippen molar-refractivity contribution in [3.63, 3.8) is 0 Å². The van der Waals surface area contributed by atoms with Crippen LogP contribution in [0.15, 0.2) is 42.5 Å². The van der Waals surface area contributed by atoms with Gasteiger partial charge in [0.25, 0.3) is 11.8 Å². The Bertz CT molecular complexity index is 838. The molecule has 1 aliphatic heterocycles. The number of ether oxygens (including phenoxy) is 1. The van der Waals surface area contributed by atoms with Gasteiger partial charge in [-0.05, 0) is 24.3 Å². The molecule has 3 rings (SSSR count). The summed E-state index contributed by atoms with van der Waals surface area (Å²) in [6.45, 7) is 3.52.